The number of benzene rings is 3. The summed E-state index contributed by atoms with van der Waals surface area (Å²) in [6.45, 7) is -0.272. The zero-order valence-corrected chi connectivity index (χ0v) is 20.1. The van der Waals surface area contributed by atoms with Gasteiger partial charge in [0.1, 0.15) is 0 Å². The molecule has 0 aromatic heterocycles. The maximum absolute atomic E-state index is 12.6. The van der Waals surface area contributed by atoms with Gasteiger partial charge in [-0.2, -0.15) is 0 Å². The van der Waals surface area contributed by atoms with E-state index in [4.69, 9.17) is 46.4 Å². The minimum Gasteiger partial charge on any atom is -0.300 e. The number of halogens is 4. The highest BCUT2D eigenvalue weighted by Crippen LogP contribution is 2.44. The smallest absolute Gasteiger partial charge is 0.299 e. The van der Waals surface area contributed by atoms with E-state index in [1.54, 1.807) is 48.5 Å². The van der Waals surface area contributed by atoms with Gasteiger partial charge in [0, 0.05) is 11.1 Å². The van der Waals surface area contributed by atoms with Gasteiger partial charge >= 0.3 is 0 Å². The van der Waals surface area contributed by atoms with Crippen molar-refractivity contribution in [1.82, 2.24) is 0 Å². The Balaban J connectivity index is 1.53. The van der Waals surface area contributed by atoms with Crippen LogP contribution < -0.4 is 9.80 Å². The van der Waals surface area contributed by atoms with Gasteiger partial charge in [0.25, 0.3) is 23.4 Å². The number of para-hydroxylation sites is 2. The number of ketones is 2. The maximum atomic E-state index is 12.6. The molecule has 0 saturated heterocycles. The number of Topliss-reactive ketones (excluding diaryl/α,β-unsaturated/α-hetero) is 2. The standard InChI is InChI=1S/C24H12Cl4N2O4/c25-17-13(9-29-15-7-3-1-5-11(15)21(31)23(29)33)18(26)20(28)14(19(17)27)10-30-16-8-4-2-6-12(16)22(32)24(30)34/h1-8H,9-10H2. The summed E-state index contributed by atoms with van der Waals surface area (Å²) in [5, 5.41) is 0.118. The average Bonchev–Trinajstić information content (AvgIpc) is 3.23. The lowest BCUT2D eigenvalue weighted by atomic mass is 10.1. The second kappa shape index (κ2) is 8.40. The van der Waals surface area contributed by atoms with Gasteiger partial charge in [0.2, 0.25) is 0 Å². The number of amides is 2. The van der Waals surface area contributed by atoms with E-state index in [1.807, 2.05) is 0 Å². The lowest BCUT2D eigenvalue weighted by molar-refractivity contribution is -0.115. The van der Waals surface area contributed by atoms with Crippen LogP contribution in [0.4, 0.5) is 11.4 Å². The van der Waals surface area contributed by atoms with Crippen molar-refractivity contribution in [1.29, 1.82) is 0 Å². The van der Waals surface area contributed by atoms with Crippen molar-refractivity contribution in [2.45, 2.75) is 13.1 Å². The first-order chi connectivity index (χ1) is 16.2. The molecule has 2 heterocycles. The third kappa shape index (κ3) is 3.33. The van der Waals surface area contributed by atoms with E-state index < -0.39 is 23.4 Å². The molecule has 5 rings (SSSR count). The Kier molecular flexibility index (Phi) is 5.65. The Morgan fingerprint density at radius 2 is 0.853 bits per heavy atom. The molecule has 0 saturated carbocycles. The second-order valence-corrected chi connectivity index (χ2v) is 9.20. The van der Waals surface area contributed by atoms with E-state index >= 15 is 0 Å². The number of rotatable bonds is 4. The molecule has 0 aliphatic carbocycles. The summed E-state index contributed by atoms with van der Waals surface area (Å²) in [6, 6.07) is 13.2. The van der Waals surface area contributed by atoms with Crippen LogP contribution >= 0.6 is 46.4 Å². The topological polar surface area (TPSA) is 74.8 Å². The molecule has 0 N–H and O–H groups in total. The first kappa shape index (κ1) is 22.9. The van der Waals surface area contributed by atoms with Crippen LogP contribution in [-0.2, 0) is 22.7 Å². The highest BCUT2D eigenvalue weighted by molar-refractivity contribution is 6.53. The lowest BCUT2D eigenvalue weighted by Gasteiger charge is -2.23. The zero-order valence-electron chi connectivity index (χ0n) is 17.1. The maximum Gasteiger partial charge on any atom is 0.299 e. The summed E-state index contributed by atoms with van der Waals surface area (Å²) in [7, 11) is 0. The van der Waals surface area contributed by atoms with Crippen molar-refractivity contribution in [3.8, 4) is 0 Å². The van der Waals surface area contributed by atoms with E-state index in [0.29, 0.717) is 11.4 Å². The Bertz CT molecular complexity index is 1320. The highest BCUT2D eigenvalue weighted by Gasteiger charge is 2.38. The molecule has 2 amide bonds. The SMILES string of the molecule is O=C1C(=O)N(Cc2c(Cl)c(Cl)c(CN3C(=O)C(=O)c4ccccc43)c(Cl)c2Cl)c2ccccc21. The highest BCUT2D eigenvalue weighted by atomic mass is 35.5. The van der Waals surface area contributed by atoms with E-state index in [0.717, 1.165) is 0 Å². The van der Waals surface area contributed by atoms with Crippen molar-refractivity contribution in [3.63, 3.8) is 0 Å². The minimum atomic E-state index is -0.720. The van der Waals surface area contributed by atoms with Crippen LogP contribution in [0.3, 0.4) is 0 Å². The number of hydrogen-bond donors (Lipinski definition) is 0. The van der Waals surface area contributed by atoms with Gasteiger partial charge in [0.15, 0.2) is 0 Å². The summed E-state index contributed by atoms with van der Waals surface area (Å²) in [5.41, 5.74) is 1.93. The zero-order chi connectivity index (χ0) is 24.3. The van der Waals surface area contributed by atoms with Crippen LogP contribution in [0.25, 0.3) is 0 Å². The third-order valence-corrected chi connectivity index (χ3v) is 7.70. The van der Waals surface area contributed by atoms with Gasteiger partial charge in [0.05, 0.1) is 55.7 Å². The summed E-state index contributed by atoms with van der Waals surface area (Å²) in [5.74, 6) is -2.70. The quantitative estimate of drug-likeness (QED) is 0.315. The molecule has 0 unspecified atom stereocenters. The summed E-state index contributed by atoms with van der Waals surface area (Å²) in [6.07, 6.45) is 0. The van der Waals surface area contributed by atoms with E-state index in [2.05, 4.69) is 0 Å². The normalized spacial score (nSPS) is 14.8. The second-order valence-electron chi connectivity index (χ2n) is 7.69. The van der Waals surface area contributed by atoms with Crippen LogP contribution in [0.2, 0.25) is 20.1 Å². The number of anilines is 2. The van der Waals surface area contributed by atoms with Gasteiger partial charge in [-0.25, -0.2) is 0 Å². The Labute approximate surface area is 213 Å². The monoisotopic (exact) mass is 532 g/mol. The number of carbonyl (C=O) groups is 4. The fourth-order valence-corrected chi connectivity index (χ4v) is 5.30. The molecule has 0 bridgehead atoms. The molecular formula is C24H12Cl4N2O4. The van der Waals surface area contributed by atoms with Crippen molar-refractivity contribution in [2.75, 3.05) is 9.80 Å². The van der Waals surface area contributed by atoms with Gasteiger partial charge in [-0.05, 0) is 24.3 Å². The van der Waals surface area contributed by atoms with Crippen LogP contribution in [0, 0.1) is 0 Å². The van der Waals surface area contributed by atoms with Crippen LogP contribution in [0.1, 0.15) is 31.8 Å². The summed E-state index contributed by atoms with van der Waals surface area (Å²) >= 11 is 26.2. The molecular weight excluding hydrogens is 522 g/mol. The van der Waals surface area contributed by atoms with Crippen LogP contribution in [-0.4, -0.2) is 23.4 Å². The van der Waals surface area contributed by atoms with Crippen LogP contribution in [0.5, 0.6) is 0 Å². The molecule has 170 valence electrons. The van der Waals surface area contributed by atoms with Crippen LogP contribution in [0.15, 0.2) is 48.5 Å². The van der Waals surface area contributed by atoms with E-state index in [-0.39, 0.29) is 55.4 Å². The molecule has 2 aliphatic heterocycles. The van der Waals surface area contributed by atoms with Crippen molar-refractivity contribution >= 4 is 81.2 Å². The van der Waals surface area contributed by atoms with Crippen molar-refractivity contribution in [3.05, 3.63) is 90.9 Å². The molecule has 3 aromatic carbocycles. The fourth-order valence-electron chi connectivity index (χ4n) is 4.13. The van der Waals surface area contributed by atoms with Gasteiger partial charge in [-0.1, -0.05) is 70.7 Å². The van der Waals surface area contributed by atoms with Crippen molar-refractivity contribution < 1.29 is 19.2 Å². The molecule has 2 aliphatic rings. The summed E-state index contributed by atoms with van der Waals surface area (Å²) in [4.78, 5) is 52.4. The fraction of sp³-hybridized carbons (Fsp3) is 0.0833. The van der Waals surface area contributed by atoms with Gasteiger partial charge < -0.3 is 9.80 Å². The molecule has 3 aromatic rings. The van der Waals surface area contributed by atoms with Gasteiger partial charge in [-0.15, -0.1) is 0 Å². The molecule has 0 spiro atoms. The molecule has 0 fully saturated rings. The molecule has 10 heteroatoms. The minimum absolute atomic E-state index is 0.0296. The number of hydrogen-bond acceptors (Lipinski definition) is 4. The first-order valence-corrected chi connectivity index (χ1v) is 11.5. The number of nitrogens with zero attached hydrogens (tertiary/aromatic N) is 2. The van der Waals surface area contributed by atoms with Gasteiger partial charge in [-0.3, -0.25) is 19.2 Å². The molecule has 34 heavy (non-hydrogen) atoms. The Morgan fingerprint density at radius 3 is 1.21 bits per heavy atom. The Hall–Kier alpha value is -2.90. The van der Waals surface area contributed by atoms with E-state index in [1.165, 1.54) is 9.80 Å². The predicted molar refractivity (Wildman–Crippen MR) is 130 cm³/mol. The molecule has 0 radical (unpaired) electrons. The lowest BCUT2D eigenvalue weighted by Crippen LogP contribution is -2.30. The average molecular weight is 534 g/mol. The largest absolute Gasteiger partial charge is 0.300 e. The first-order valence-electron chi connectivity index (χ1n) is 9.96. The Morgan fingerprint density at radius 1 is 0.529 bits per heavy atom. The molecule has 0 atom stereocenters. The van der Waals surface area contributed by atoms with Crippen molar-refractivity contribution in [2.24, 2.45) is 0 Å². The van der Waals surface area contributed by atoms with E-state index in [9.17, 15) is 19.2 Å². The summed E-state index contributed by atoms with van der Waals surface area (Å²) < 4.78 is 0. The number of carbonyl (C=O) groups excluding carboxylic acids is 4. The predicted octanol–water partition coefficient (Wildman–Crippen LogP) is 5.76. The number of fused-ring (bicyclic) bond motifs is 2. The third-order valence-electron chi connectivity index (χ3n) is 5.84. The molecule has 6 nitrogen and oxygen atoms in total.